The van der Waals surface area contributed by atoms with Gasteiger partial charge in [-0.3, -0.25) is 4.79 Å². The molecule has 0 aliphatic heterocycles. The smallest absolute Gasteiger partial charge is 0.251 e. The van der Waals surface area contributed by atoms with Gasteiger partial charge < -0.3 is 10.6 Å². The maximum absolute atomic E-state index is 12.9. The van der Waals surface area contributed by atoms with Crippen LogP contribution in [0.4, 0.5) is 4.39 Å². The first-order valence-electron chi connectivity index (χ1n) is 7.84. The fourth-order valence-electron chi connectivity index (χ4n) is 2.66. The summed E-state index contributed by atoms with van der Waals surface area (Å²) in [6.07, 6.45) is 2.23. The molecule has 0 radical (unpaired) electrons. The standard InChI is InChI=1S/C17H26FN3O/c1-10(2)14(16(22)20-13-8-12(18)9-13)11(3)15(19-5)21-17(4)6-7-17/h12-13,21H,5-9H2,1-4H3,(H,20,22)/b15-11-/t12-,13-. The zero-order valence-electron chi connectivity index (χ0n) is 13.9. The largest absolute Gasteiger partial charge is 0.365 e. The van der Waals surface area contributed by atoms with Crippen LogP contribution >= 0.6 is 0 Å². The highest BCUT2D eigenvalue weighted by molar-refractivity contribution is 5.98. The van der Waals surface area contributed by atoms with Crippen LogP contribution in [0.2, 0.25) is 0 Å². The van der Waals surface area contributed by atoms with Gasteiger partial charge in [-0.05, 0) is 60.1 Å². The number of nitrogens with zero attached hydrogens (tertiary/aromatic N) is 1. The van der Waals surface area contributed by atoms with Crippen LogP contribution in [0.15, 0.2) is 27.5 Å². The van der Waals surface area contributed by atoms with Gasteiger partial charge in [-0.2, -0.15) is 0 Å². The number of hydrogen-bond acceptors (Lipinski definition) is 3. The predicted molar refractivity (Wildman–Crippen MR) is 87.5 cm³/mol. The highest BCUT2D eigenvalue weighted by atomic mass is 19.1. The molecule has 0 heterocycles. The van der Waals surface area contributed by atoms with E-state index in [9.17, 15) is 9.18 Å². The van der Waals surface area contributed by atoms with Gasteiger partial charge in [0.2, 0.25) is 0 Å². The molecule has 0 aromatic carbocycles. The Kier molecular flexibility index (Phi) is 4.73. The van der Waals surface area contributed by atoms with Gasteiger partial charge in [0.25, 0.3) is 5.91 Å². The molecule has 0 saturated heterocycles. The van der Waals surface area contributed by atoms with E-state index in [1.807, 2.05) is 20.8 Å². The lowest BCUT2D eigenvalue weighted by Gasteiger charge is -2.31. The van der Waals surface area contributed by atoms with Crippen molar-refractivity contribution in [1.29, 1.82) is 0 Å². The number of alkyl halides is 1. The summed E-state index contributed by atoms with van der Waals surface area (Å²) in [5, 5.41) is 6.28. The minimum atomic E-state index is -0.779. The molecule has 2 N–H and O–H groups in total. The van der Waals surface area contributed by atoms with E-state index < -0.39 is 6.17 Å². The summed E-state index contributed by atoms with van der Waals surface area (Å²) < 4.78 is 12.9. The highest BCUT2D eigenvalue weighted by Gasteiger charge is 2.38. The number of halogens is 1. The molecule has 2 aliphatic carbocycles. The van der Waals surface area contributed by atoms with Gasteiger partial charge in [-0.25, -0.2) is 9.38 Å². The first-order chi connectivity index (χ1) is 10.3. The molecule has 122 valence electrons. The molecule has 4 nitrogen and oxygen atoms in total. The predicted octanol–water partition coefficient (Wildman–Crippen LogP) is 3.01. The first kappa shape index (κ1) is 16.7. The molecule has 0 aromatic heterocycles. The first-order valence-corrected chi connectivity index (χ1v) is 7.84. The Morgan fingerprint density at radius 1 is 1.27 bits per heavy atom. The summed E-state index contributed by atoms with van der Waals surface area (Å²) in [7, 11) is 0. The number of amides is 1. The number of allylic oxidation sites excluding steroid dienone is 1. The summed E-state index contributed by atoms with van der Waals surface area (Å²) in [4.78, 5) is 16.6. The molecule has 2 saturated carbocycles. The van der Waals surface area contributed by atoms with Crippen LogP contribution < -0.4 is 10.6 Å². The van der Waals surface area contributed by atoms with Crippen LogP contribution in [0.5, 0.6) is 0 Å². The van der Waals surface area contributed by atoms with Crippen LogP contribution in [-0.4, -0.2) is 30.4 Å². The quantitative estimate of drug-likeness (QED) is 0.450. The van der Waals surface area contributed by atoms with Crippen LogP contribution in [-0.2, 0) is 4.79 Å². The molecular formula is C17H26FN3O. The second kappa shape index (κ2) is 6.23. The van der Waals surface area contributed by atoms with Crippen molar-refractivity contribution in [2.75, 3.05) is 0 Å². The molecule has 2 fully saturated rings. The third-order valence-electron chi connectivity index (χ3n) is 4.45. The van der Waals surface area contributed by atoms with E-state index in [2.05, 4.69) is 29.3 Å². The van der Waals surface area contributed by atoms with Gasteiger partial charge in [-0.15, -0.1) is 0 Å². The zero-order chi connectivity index (χ0) is 16.5. The van der Waals surface area contributed by atoms with Gasteiger partial charge in [0.15, 0.2) is 0 Å². The Morgan fingerprint density at radius 2 is 1.86 bits per heavy atom. The second-order valence-electron chi connectivity index (χ2n) is 6.93. The molecule has 1 amide bonds. The number of carbonyl (C=O) groups excluding carboxylic acids is 1. The fourth-order valence-corrected chi connectivity index (χ4v) is 2.66. The van der Waals surface area contributed by atoms with Gasteiger partial charge in [0.05, 0.1) is 0 Å². The van der Waals surface area contributed by atoms with E-state index >= 15 is 0 Å². The average Bonchev–Trinajstić information content (AvgIpc) is 3.12. The van der Waals surface area contributed by atoms with E-state index in [0.717, 1.165) is 24.0 Å². The Labute approximate surface area is 132 Å². The molecule has 0 bridgehead atoms. The number of rotatable bonds is 6. The summed E-state index contributed by atoms with van der Waals surface area (Å²) in [5.74, 6) is 0.502. The maximum atomic E-state index is 12.9. The molecule has 2 rings (SSSR count). The lowest BCUT2D eigenvalue weighted by atomic mass is 9.90. The maximum Gasteiger partial charge on any atom is 0.251 e. The molecule has 0 atom stereocenters. The van der Waals surface area contributed by atoms with E-state index in [1.54, 1.807) is 0 Å². The van der Waals surface area contributed by atoms with E-state index in [1.165, 1.54) is 0 Å². The Bertz CT molecular complexity index is 536. The second-order valence-corrected chi connectivity index (χ2v) is 6.93. The fraction of sp³-hybridized carbons (Fsp3) is 0.647. The molecule has 0 aromatic rings. The zero-order valence-corrected chi connectivity index (χ0v) is 13.9. The van der Waals surface area contributed by atoms with Crippen molar-refractivity contribution in [2.45, 2.75) is 71.1 Å². The molecular weight excluding hydrogens is 281 g/mol. The van der Waals surface area contributed by atoms with Crippen molar-refractivity contribution in [2.24, 2.45) is 4.99 Å². The average molecular weight is 307 g/mol. The third-order valence-corrected chi connectivity index (χ3v) is 4.45. The third kappa shape index (κ3) is 3.76. The summed E-state index contributed by atoms with van der Waals surface area (Å²) in [6, 6.07) is -0.0568. The Hall–Kier alpha value is -1.65. The van der Waals surface area contributed by atoms with Crippen LogP contribution in [0.1, 0.15) is 53.4 Å². The van der Waals surface area contributed by atoms with Gasteiger partial charge in [-0.1, -0.05) is 5.57 Å². The van der Waals surface area contributed by atoms with Crippen molar-refractivity contribution in [1.82, 2.24) is 10.6 Å². The highest BCUT2D eigenvalue weighted by Crippen LogP contribution is 2.36. The van der Waals surface area contributed by atoms with E-state index in [4.69, 9.17) is 0 Å². The van der Waals surface area contributed by atoms with Crippen molar-refractivity contribution in [3.63, 3.8) is 0 Å². The number of hydrogen-bond donors (Lipinski definition) is 2. The van der Waals surface area contributed by atoms with Gasteiger partial charge in [0, 0.05) is 22.7 Å². The van der Waals surface area contributed by atoms with Gasteiger partial charge in [0.1, 0.15) is 12.0 Å². The van der Waals surface area contributed by atoms with Crippen LogP contribution in [0, 0.1) is 0 Å². The topological polar surface area (TPSA) is 53.5 Å². The summed E-state index contributed by atoms with van der Waals surface area (Å²) in [5.41, 5.74) is 2.38. The van der Waals surface area contributed by atoms with Crippen molar-refractivity contribution in [3.05, 3.63) is 22.5 Å². The number of carbonyl (C=O) groups is 1. The van der Waals surface area contributed by atoms with Crippen molar-refractivity contribution >= 4 is 12.6 Å². The number of nitrogens with one attached hydrogen (secondary N) is 2. The molecule has 2 aliphatic rings. The van der Waals surface area contributed by atoms with Crippen LogP contribution in [0.25, 0.3) is 0 Å². The van der Waals surface area contributed by atoms with Crippen molar-refractivity contribution < 1.29 is 9.18 Å². The Morgan fingerprint density at radius 3 is 2.27 bits per heavy atom. The minimum Gasteiger partial charge on any atom is -0.365 e. The SMILES string of the molecule is C=N/C(NC1(C)CC1)=C(\C)C(C(=O)N[C@H]1C[C@H](F)C1)=C(C)C. The van der Waals surface area contributed by atoms with E-state index in [0.29, 0.717) is 24.2 Å². The lowest BCUT2D eigenvalue weighted by molar-refractivity contribution is -0.118. The molecule has 0 spiro atoms. The molecule has 5 heteroatoms. The van der Waals surface area contributed by atoms with Crippen molar-refractivity contribution in [3.8, 4) is 0 Å². The van der Waals surface area contributed by atoms with Gasteiger partial charge >= 0.3 is 0 Å². The van der Waals surface area contributed by atoms with E-state index in [-0.39, 0.29) is 17.5 Å². The lowest BCUT2D eigenvalue weighted by Crippen LogP contribution is -2.46. The summed E-state index contributed by atoms with van der Waals surface area (Å²) in [6.45, 7) is 11.4. The normalized spacial score (nSPS) is 26.2. The number of aliphatic imine (C=N–C) groups is 1. The summed E-state index contributed by atoms with van der Waals surface area (Å²) >= 11 is 0. The molecule has 0 unspecified atom stereocenters. The van der Waals surface area contributed by atoms with Crippen LogP contribution in [0.3, 0.4) is 0 Å². The molecule has 22 heavy (non-hydrogen) atoms. The Balaban J connectivity index is 2.17. The minimum absolute atomic E-state index is 0.0568. The monoisotopic (exact) mass is 307 g/mol.